The Morgan fingerprint density at radius 3 is 2.81 bits per heavy atom. The van der Waals surface area contributed by atoms with Crippen molar-refractivity contribution in [1.82, 2.24) is 20.3 Å². The minimum atomic E-state index is 0.336. The maximum absolute atomic E-state index is 4.97. The van der Waals surface area contributed by atoms with Crippen molar-refractivity contribution >= 4 is 39.2 Å². The Kier molecular flexibility index (Phi) is 3.78. The van der Waals surface area contributed by atoms with E-state index < -0.39 is 0 Å². The molecule has 0 spiro atoms. The van der Waals surface area contributed by atoms with Gasteiger partial charge in [-0.15, -0.1) is 5.10 Å². The first-order valence-corrected chi connectivity index (χ1v) is 6.91. The maximum atomic E-state index is 4.97. The molecule has 106 valence electrons. The van der Waals surface area contributed by atoms with Crippen molar-refractivity contribution in [1.29, 1.82) is 0 Å². The van der Waals surface area contributed by atoms with Crippen LogP contribution in [0.1, 0.15) is 5.76 Å². The molecular formula is C13H11BrN6O. The predicted molar refractivity (Wildman–Crippen MR) is 81.8 cm³/mol. The highest BCUT2D eigenvalue weighted by Gasteiger charge is 2.05. The average Bonchev–Trinajstić information content (AvgIpc) is 2.84. The van der Waals surface area contributed by atoms with Crippen LogP contribution in [0.3, 0.4) is 0 Å². The molecule has 0 radical (unpaired) electrons. The van der Waals surface area contributed by atoms with Crippen molar-refractivity contribution in [2.45, 2.75) is 6.92 Å². The first kappa shape index (κ1) is 13.5. The second-order valence-corrected chi connectivity index (χ2v) is 5.16. The van der Waals surface area contributed by atoms with Crippen LogP contribution in [0.15, 0.2) is 45.5 Å². The van der Waals surface area contributed by atoms with E-state index in [0.717, 1.165) is 10.2 Å². The molecule has 0 bridgehead atoms. The van der Waals surface area contributed by atoms with Crippen LogP contribution in [0.25, 0.3) is 0 Å². The summed E-state index contributed by atoms with van der Waals surface area (Å²) in [5.41, 5.74) is 0.896. The van der Waals surface area contributed by atoms with E-state index in [9.17, 15) is 0 Å². The number of halogens is 1. The molecule has 0 aliphatic rings. The van der Waals surface area contributed by atoms with E-state index in [1.165, 1.54) is 0 Å². The number of nitrogens with one attached hydrogen (secondary N) is 2. The maximum Gasteiger partial charge on any atom is 0.250 e. The molecule has 0 saturated carbocycles. The van der Waals surface area contributed by atoms with E-state index in [2.05, 4.69) is 46.9 Å². The number of aryl methyl sites for hydroxylation is 1. The fraction of sp³-hybridized carbons (Fsp3) is 0.0769. The molecule has 0 unspecified atom stereocenters. The number of hydrogen-bond acceptors (Lipinski definition) is 7. The first-order valence-electron chi connectivity index (χ1n) is 6.12. The lowest BCUT2D eigenvalue weighted by molar-refractivity contribution is 0.400. The molecule has 8 heteroatoms. The van der Waals surface area contributed by atoms with Crippen LogP contribution in [0, 0.1) is 6.92 Å². The van der Waals surface area contributed by atoms with Crippen LogP contribution in [-0.4, -0.2) is 20.3 Å². The quantitative estimate of drug-likeness (QED) is 0.747. The van der Waals surface area contributed by atoms with Gasteiger partial charge in [0.1, 0.15) is 5.76 Å². The molecule has 3 aromatic rings. The lowest BCUT2D eigenvalue weighted by Gasteiger charge is -2.06. The number of benzene rings is 1. The lowest BCUT2D eigenvalue weighted by atomic mass is 10.3. The Morgan fingerprint density at radius 2 is 2.05 bits per heavy atom. The average molecular weight is 347 g/mol. The van der Waals surface area contributed by atoms with Crippen molar-refractivity contribution in [3.8, 4) is 0 Å². The van der Waals surface area contributed by atoms with E-state index in [4.69, 9.17) is 4.52 Å². The lowest BCUT2D eigenvalue weighted by Crippen LogP contribution is -2.02. The summed E-state index contributed by atoms with van der Waals surface area (Å²) in [4.78, 5) is 4.31. The van der Waals surface area contributed by atoms with Crippen molar-refractivity contribution in [2.24, 2.45) is 0 Å². The van der Waals surface area contributed by atoms with Gasteiger partial charge in [-0.05, 0) is 25.1 Å². The van der Waals surface area contributed by atoms with E-state index in [1.54, 1.807) is 12.3 Å². The van der Waals surface area contributed by atoms with E-state index >= 15 is 0 Å². The normalized spacial score (nSPS) is 10.4. The minimum absolute atomic E-state index is 0.336. The molecule has 0 fully saturated rings. The molecule has 1 aromatic carbocycles. The number of nitrogens with zero attached hydrogens (tertiary/aromatic N) is 4. The summed E-state index contributed by atoms with van der Waals surface area (Å²) in [6.45, 7) is 1.81. The summed E-state index contributed by atoms with van der Waals surface area (Å²) in [5, 5.41) is 17.7. The third kappa shape index (κ3) is 3.54. The van der Waals surface area contributed by atoms with Crippen LogP contribution in [-0.2, 0) is 0 Å². The van der Waals surface area contributed by atoms with Gasteiger partial charge in [0.15, 0.2) is 11.6 Å². The minimum Gasteiger partial charge on any atom is -0.360 e. The summed E-state index contributed by atoms with van der Waals surface area (Å²) in [5.74, 6) is 2.15. The van der Waals surface area contributed by atoms with Crippen LogP contribution in [0.5, 0.6) is 0 Å². The molecule has 7 nitrogen and oxygen atoms in total. The standard InChI is InChI=1S/C13H11BrN6O/c1-8-5-11(20-21-8)17-13-18-12(7-15-19-13)16-10-4-2-3-9(14)6-10/h2-7H,1H3,(H2,16,17,18,19,20). The van der Waals surface area contributed by atoms with Gasteiger partial charge in [-0.25, -0.2) is 0 Å². The summed E-state index contributed by atoms with van der Waals surface area (Å²) < 4.78 is 5.94. The molecule has 2 heterocycles. The molecule has 2 N–H and O–H groups in total. The van der Waals surface area contributed by atoms with Crippen LogP contribution in [0.4, 0.5) is 23.3 Å². The molecule has 0 saturated heterocycles. The predicted octanol–water partition coefficient (Wildman–Crippen LogP) is 3.42. The fourth-order valence-corrected chi connectivity index (χ4v) is 2.07. The Morgan fingerprint density at radius 1 is 1.14 bits per heavy atom. The van der Waals surface area contributed by atoms with Gasteiger partial charge >= 0.3 is 0 Å². The third-order valence-corrected chi connectivity index (χ3v) is 3.02. The van der Waals surface area contributed by atoms with Gasteiger partial charge in [-0.2, -0.15) is 10.1 Å². The highest BCUT2D eigenvalue weighted by Crippen LogP contribution is 2.19. The molecule has 0 atom stereocenters. The van der Waals surface area contributed by atoms with Crippen molar-refractivity contribution in [3.05, 3.63) is 46.8 Å². The molecule has 0 aliphatic heterocycles. The van der Waals surface area contributed by atoms with Crippen molar-refractivity contribution in [2.75, 3.05) is 10.6 Å². The fourth-order valence-electron chi connectivity index (χ4n) is 1.67. The number of anilines is 4. The van der Waals surface area contributed by atoms with E-state index in [1.807, 2.05) is 31.2 Å². The molecule has 3 rings (SSSR count). The van der Waals surface area contributed by atoms with E-state index in [-0.39, 0.29) is 0 Å². The topological polar surface area (TPSA) is 88.8 Å². The molecule has 0 amide bonds. The van der Waals surface area contributed by atoms with Gasteiger partial charge < -0.3 is 15.2 Å². The SMILES string of the molecule is Cc1cc(Nc2nncc(Nc3cccc(Br)c3)n2)no1. The Bertz CT molecular complexity index is 760. The smallest absolute Gasteiger partial charge is 0.250 e. The molecule has 2 aromatic heterocycles. The summed E-state index contributed by atoms with van der Waals surface area (Å²) >= 11 is 3.42. The Hall–Kier alpha value is -2.48. The van der Waals surface area contributed by atoms with Crippen molar-refractivity contribution in [3.63, 3.8) is 0 Å². The number of aromatic nitrogens is 4. The zero-order valence-corrected chi connectivity index (χ0v) is 12.6. The second kappa shape index (κ2) is 5.88. The van der Waals surface area contributed by atoms with Gasteiger partial charge in [0.05, 0.1) is 6.20 Å². The number of rotatable bonds is 4. The summed E-state index contributed by atoms with van der Waals surface area (Å²) in [7, 11) is 0. The summed E-state index contributed by atoms with van der Waals surface area (Å²) in [6, 6.07) is 9.50. The molecule has 0 aliphatic carbocycles. The van der Waals surface area contributed by atoms with Crippen LogP contribution < -0.4 is 10.6 Å². The van der Waals surface area contributed by atoms with Crippen LogP contribution >= 0.6 is 15.9 Å². The molecular weight excluding hydrogens is 336 g/mol. The Labute approximate surface area is 128 Å². The van der Waals surface area contributed by atoms with E-state index in [0.29, 0.717) is 23.3 Å². The van der Waals surface area contributed by atoms with Gasteiger partial charge in [0.25, 0.3) is 0 Å². The van der Waals surface area contributed by atoms with Gasteiger partial charge in [0, 0.05) is 16.2 Å². The monoisotopic (exact) mass is 346 g/mol. The summed E-state index contributed by atoms with van der Waals surface area (Å²) in [6.07, 6.45) is 1.54. The van der Waals surface area contributed by atoms with Gasteiger partial charge in [-0.3, -0.25) is 0 Å². The first-order chi connectivity index (χ1) is 10.2. The third-order valence-electron chi connectivity index (χ3n) is 2.52. The molecule has 21 heavy (non-hydrogen) atoms. The zero-order valence-electron chi connectivity index (χ0n) is 11.0. The van der Waals surface area contributed by atoms with Crippen LogP contribution in [0.2, 0.25) is 0 Å². The largest absolute Gasteiger partial charge is 0.360 e. The zero-order chi connectivity index (χ0) is 14.7. The van der Waals surface area contributed by atoms with Crippen molar-refractivity contribution < 1.29 is 4.52 Å². The second-order valence-electron chi connectivity index (χ2n) is 4.25. The highest BCUT2D eigenvalue weighted by atomic mass is 79.9. The highest BCUT2D eigenvalue weighted by molar-refractivity contribution is 9.10. The van der Waals surface area contributed by atoms with Gasteiger partial charge in [-0.1, -0.05) is 27.2 Å². The Balaban J connectivity index is 1.76. The number of hydrogen-bond donors (Lipinski definition) is 2. The van der Waals surface area contributed by atoms with Gasteiger partial charge in [0.2, 0.25) is 5.95 Å².